The molecule has 35 heavy (non-hydrogen) atoms. The quantitative estimate of drug-likeness (QED) is 0.392. The van der Waals surface area contributed by atoms with E-state index in [1.807, 2.05) is 12.1 Å². The number of benzene rings is 2. The molecule has 1 aliphatic rings. The van der Waals surface area contributed by atoms with Crippen LogP contribution in [0.15, 0.2) is 69.7 Å². The highest BCUT2D eigenvalue weighted by Gasteiger charge is 2.22. The Bertz CT molecular complexity index is 1500. The molecule has 1 fully saturated rings. The molecule has 3 heterocycles. The van der Waals surface area contributed by atoms with Crippen LogP contribution in [-0.4, -0.2) is 36.4 Å². The first kappa shape index (κ1) is 23.9. The minimum Gasteiger partial charge on any atom is -0.321 e. The van der Waals surface area contributed by atoms with Crippen molar-refractivity contribution < 1.29 is 8.42 Å². The van der Waals surface area contributed by atoms with Crippen LogP contribution < -0.4 is 5.56 Å². The maximum Gasteiger partial charge on any atom is 0.257 e. The number of hydrogen-bond acceptors (Lipinski definition) is 6. The average molecular weight is 508 g/mol. The first-order valence-corrected chi connectivity index (χ1v) is 14.4. The van der Waals surface area contributed by atoms with Crippen LogP contribution in [0.1, 0.15) is 30.8 Å². The highest BCUT2D eigenvalue weighted by molar-refractivity contribution is 7.90. The van der Waals surface area contributed by atoms with Crippen molar-refractivity contribution in [1.29, 1.82) is 0 Å². The van der Waals surface area contributed by atoms with Crippen LogP contribution in [0.25, 0.3) is 22.2 Å². The second-order valence-electron chi connectivity index (χ2n) is 9.77. The third-order valence-corrected chi connectivity index (χ3v) is 9.18. The lowest BCUT2D eigenvalue weighted by Gasteiger charge is -2.35. The summed E-state index contributed by atoms with van der Waals surface area (Å²) in [6, 6.07) is 16.4. The maximum atomic E-state index is 12.9. The highest BCUT2D eigenvalue weighted by Crippen LogP contribution is 2.26. The molecule has 2 aromatic carbocycles. The zero-order valence-corrected chi connectivity index (χ0v) is 21.5. The van der Waals surface area contributed by atoms with Gasteiger partial charge >= 0.3 is 0 Å². The van der Waals surface area contributed by atoms with E-state index in [9.17, 15) is 13.2 Å². The van der Waals surface area contributed by atoms with Gasteiger partial charge in [0.2, 0.25) is 0 Å². The molecule has 0 amide bonds. The molecule has 4 aromatic rings. The Morgan fingerprint density at radius 2 is 1.80 bits per heavy atom. The summed E-state index contributed by atoms with van der Waals surface area (Å²) < 4.78 is 25.4. The van der Waals surface area contributed by atoms with Crippen LogP contribution in [0.5, 0.6) is 0 Å². The highest BCUT2D eigenvalue weighted by atomic mass is 32.2. The second kappa shape index (κ2) is 9.68. The van der Waals surface area contributed by atoms with Crippen molar-refractivity contribution in [2.45, 2.75) is 37.5 Å². The Morgan fingerprint density at radius 3 is 2.54 bits per heavy atom. The number of hydrogen-bond donors (Lipinski definition) is 1. The molecule has 182 valence electrons. The molecule has 0 bridgehead atoms. The van der Waals surface area contributed by atoms with Crippen molar-refractivity contribution in [2.24, 2.45) is 11.8 Å². The van der Waals surface area contributed by atoms with Crippen molar-refractivity contribution in [1.82, 2.24) is 14.9 Å². The van der Waals surface area contributed by atoms with Crippen molar-refractivity contribution in [3.05, 3.63) is 80.9 Å². The third-order valence-electron chi connectivity index (χ3n) is 6.50. The van der Waals surface area contributed by atoms with Gasteiger partial charge in [0.15, 0.2) is 9.84 Å². The van der Waals surface area contributed by atoms with Gasteiger partial charge in [0.05, 0.1) is 16.2 Å². The number of aromatic amines is 1. The summed E-state index contributed by atoms with van der Waals surface area (Å²) in [4.78, 5) is 23.2. The van der Waals surface area contributed by atoms with Crippen molar-refractivity contribution in [3.8, 4) is 11.3 Å². The van der Waals surface area contributed by atoms with Gasteiger partial charge in [0.1, 0.15) is 10.8 Å². The lowest BCUT2D eigenvalue weighted by Crippen LogP contribution is -2.38. The number of H-pyrrole nitrogens is 1. The third kappa shape index (κ3) is 5.39. The molecular formula is C27H29N3O3S2. The van der Waals surface area contributed by atoms with Gasteiger partial charge in [-0.1, -0.05) is 44.2 Å². The molecule has 0 aliphatic carbocycles. The summed E-state index contributed by atoms with van der Waals surface area (Å²) in [5.41, 5.74) is 2.71. The fraction of sp³-hybridized carbons (Fsp3) is 0.333. The predicted octanol–water partition coefficient (Wildman–Crippen LogP) is 5.10. The number of piperidine rings is 1. The lowest BCUT2D eigenvalue weighted by atomic mass is 9.91. The number of sulfone groups is 1. The van der Waals surface area contributed by atoms with Gasteiger partial charge in [0.25, 0.3) is 5.56 Å². The first-order chi connectivity index (χ1) is 16.8. The molecule has 5 rings (SSSR count). The number of nitrogens with zero attached hydrogens (tertiary/aromatic N) is 2. The molecule has 1 N–H and O–H groups in total. The zero-order valence-electron chi connectivity index (χ0n) is 19.9. The molecule has 2 atom stereocenters. The minimum absolute atomic E-state index is 0.190. The van der Waals surface area contributed by atoms with Crippen molar-refractivity contribution in [3.63, 3.8) is 0 Å². The van der Waals surface area contributed by atoms with Crippen LogP contribution >= 0.6 is 11.3 Å². The molecule has 0 spiro atoms. The molecule has 1 aliphatic heterocycles. The van der Waals surface area contributed by atoms with E-state index in [2.05, 4.69) is 40.8 Å². The van der Waals surface area contributed by atoms with E-state index in [-0.39, 0.29) is 16.2 Å². The lowest BCUT2D eigenvalue weighted by molar-refractivity contribution is 0.134. The number of fused-ring (bicyclic) bond motifs is 1. The molecule has 0 radical (unpaired) electrons. The van der Waals surface area contributed by atoms with Crippen molar-refractivity contribution in [2.75, 3.05) is 13.1 Å². The average Bonchev–Trinajstić information content (AvgIpc) is 3.26. The number of likely N-dealkylation sites (tertiary alicyclic amines) is 1. The Hall–Kier alpha value is -2.81. The van der Waals surface area contributed by atoms with E-state index in [1.165, 1.54) is 23.3 Å². The summed E-state index contributed by atoms with van der Waals surface area (Å²) in [5.74, 6) is 1.21. The van der Waals surface area contributed by atoms with E-state index in [1.54, 1.807) is 35.7 Å². The minimum atomic E-state index is -3.49. The largest absolute Gasteiger partial charge is 0.321 e. The van der Waals surface area contributed by atoms with Gasteiger partial charge < -0.3 is 4.98 Å². The summed E-state index contributed by atoms with van der Waals surface area (Å²) in [5, 5.41) is 3.14. The standard InChI is InChI=1S/C27H29N3O3S2/c1-18-10-19(2)14-30(13-18)15-20-8-9-21-12-23(27(31)29-24(21)11-20)25-16-34-26(28-25)17-35(32,33)22-6-4-3-5-7-22/h3-9,11-12,16,18-19H,10,13-15,17H2,1-2H3,(H,29,31). The first-order valence-electron chi connectivity index (χ1n) is 11.9. The van der Waals surface area contributed by atoms with Crippen LogP contribution in [0.2, 0.25) is 0 Å². The van der Waals surface area contributed by atoms with Gasteiger partial charge in [-0.2, -0.15) is 0 Å². The maximum absolute atomic E-state index is 12.9. The van der Waals surface area contributed by atoms with Crippen LogP contribution in [0.4, 0.5) is 0 Å². The Morgan fingerprint density at radius 1 is 1.06 bits per heavy atom. The van der Waals surface area contributed by atoms with Gasteiger partial charge in [0, 0.05) is 30.5 Å². The molecule has 0 saturated carbocycles. The topological polar surface area (TPSA) is 83.1 Å². The smallest absolute Gasteiger partial charge is 0.257 e. The van der Waals surface area contributed by atoms with Crippen LogP contribution in [-0.2, 0) is 22.1 Å². The molecular weight excluding hydrogens is 478 g/mol. The van der Waals surface area contributed by atoms with E-state index >= 15 is 0 Å². The van der Waals surface area contributed by atoms with Gasteiger partial charge in [-0.25, -0.2) is 13.4 Å². The molecule has 2 unspecified atom stereocenters. The summed E-state index contributed by atoms with van der Waals surface area (Å²) in [6.45, 7) is 7.69. The molecule has 1 saturated heterocycles. The van der Waals surface area contributed by atoms with E-state index in [0.717, 1.165) is 30.5 Å². The number of pyridine rings is 1. The Labute approximate surface area is 209 Å². The van der Waals surface area contributed by atoms with Gasteiger partial charge in [-0.05, 0) is 53.5 Å². The number of rotatable bonds is 6. The fourth-order valence-corrected chi connectivity index (χ4v) is 7.53. The fourth-order valence-electron chi connectivity index (χ4n) is 5.09. The molecule has 8 heteroatoms. The summed E-state index contributed by atoms with van der Waals surface area (Å²) in [7, 11) is -3.49. The van der Waals surface area contributed by atoms with Gasteiger partial charge in [-0.3, -0.25) is 9.69 Å². The number of thiazole rings is 1. The van der Waals surface area contributed by atoms with E-state index in [0.29, 0.717) is 28.1 Å². The molecule has 2 aromatic heterocycles. The van der Waals surface area contributed by atoms with Crippen LogP contribution in [0, 0.1) is 11.8 Å². The Kier molecular flexibility index (Phi) is 6.61. The van der Waals surface area contributed by atoms with E-state index < -0.39 is 9.84 Å². The summed E-state index contributed by atoms with van der Waals surface area (Å²) in [6.07, 6.45) is 1.28. The number of nitrogens with one attached hydrogen (secondary N) is 1. The monoisotopic (exact) mass is 507 g/mol. The SMILES string of the molecule is CC1CC(C)CN(Cc2ccc3cc(-c4csc(CS(=O)(=O)c5ccccc5)n4)c(=O)[nH]c3c2)C1. The normalized spacial score (nSPS) is 19.3. The Balaban J connectivity index is 1.37. The predicted molar refractivity (Wildman–Crippen MR) is 141 cm³/mol. The summed E-state index contributed by atoms with van der Waals surface area (Å²) >= 11 is 1.25. The van der Waals surface area contributed by atoms with Crippen molar-refractivity contribution >= 4 is 32.1 Å². The molecule has 6 nitrogen and oxygen atoms in total. The zero-order chi connectivity index (χ0) is 24.6. The van der Waals surface area contributed by atoms with E-state index in [4.69, 9.17) is 0 Å². The number of aromatic nitrogens is 2. The van der Waals surface area contributed by atoms with Gasteiger partial charge in [-0.15, -0.1) is 11.3 Å². The second-order valence-corrected chi connectivity index (χ2v) is 12.7. The van der Waals surface area contributed by atoms with Crippen LogP contribution in [0.3, 0.4) is 0 Å².